The number of aromatic nitrogens is 3. The number of carbonyl (C=O) groups is 1. The Morgan fingerprint density at radius 2 is 2.36 bits per heavy atom. The van der Waals surface area contributed by atoms with E-state index >= 15 is 0 Å². The molecule has 0 fully saturated rings. The van der Waals surface area contributed by atoms with Gasteiger partial charge in [0.25, 0.3) is 0 Å². The van der Waals surface area contributed by atoms with Crippen molar-refractivity contribution in [1.82, 2.24) is 20.3 Å². The Kier molecular flexibility index (Phi) is 4.34. The van der Waals surface area contributed by atoms with Crippen LogP contribution < -0.4 is 10.1 Å². The number of pyridine rings is 1. The molecule has 1 amide bonds. The highest BCUT2D eigenvalue weighted by atomic mass is 32.2. The topological polar surface area (TPSA) is 77.0 Å². The van der Waals surface area contributed by atoms with Gasteiger partial charge in [0.2, 0.25) is 11.8 Å². The number of rotatable bonds is 4. The summed E-state index contributed by atoms with van der Waals surface area (Å²) in [6, 6.07) is 3.64. The Bertz CT molecular complexity index is 733. The minimum atomic E-state index is -0.0854. The molecule has 0 atom stereocenters. The van der Waals surface area contributed by atoms with Crippen LogP contribution in [0.4, 0.5) is 0 Å². The predicted octanol–water partition coefficient (Wildman–Crippen LogP) is 1.69. The van der Waals surface area contributed by atoms with Crippen molar-refractivity contribution >= 4 is 23.7 Å². The fourth-order valence-corrected chi connectivity index (χ4v) is 2.93. The lowest BCUT2D eigenvalue weighted by molar-refractivity contribution is -0.117. The first-order chi connectivity index (χ1) is 10.8. The third kappa shape index (κ3) is 3.25. The van der Waals surface area contributed by atoms with Gasteiger partial charge in [0, 0.05) is 41.9 Å². The smallest absolute Gasteiger partial charge is 0.248 e. The van der Waals surface area contributed by atoms with Crippen LogP contribution in [0.15, 0.2) is 41.5 Å². The molecular formula is C15H14N4O2S. The van der Waals surface area contributed by atoms with Gasteiger partial charge < -0.3 is 10.1 Å². The predicted molar refractivity (Wildman–Crippen MR) is 83.4 cm³/mol. The van der Waals surface area contributed by atoms with E-state index < -0.39 is 0 Å². The van der Waals surface area contributed by atoms with Gasteiger partial charge in [-0.25, -0.2) is 15.0 Å². The molecule has 0 aliphatic carbocycles. The summed E-state index contributed by atoms with van der Waals surface area (Å²) < 4.78 is 5.06. The first-order valence-corrected chi connectivity index (χ1v) is 7.65. The molecule has 112 valence electrons. The molecule has 2 aromatic rings. The van der Waals surface area contributed by atoms with Gasteiger partial charge in [0.05, 0.1) is 7.11 Å². The summed E-state index contributed by atoms with van der Waals surface area (Å²) in [7, 11) is 1.56. The highest BCUT2D eigenvalue weighted by molar-refractivity contribution is 7.99. The molecule has 0 radical (unpaired) electrons. The first kappa shape index (κ1) is 14.5. The van der Waals surface area contributed by atoms with Gasteiger partial charge in [-0.15, -0.1) is 11.8 Å². The van der Waals surface area contributed by atoms with Crippen LogP contribution in [0.2, 0.25) is 0 Å². The van der Waals surface area contributed by atoms with Crippen LogP contribution in [0.3, 0.4) is 0 Å². The molecule has 0 saturated carbocycles. The van der Waals surface area contributed by atoms with E-state index in [-0.39, 0.29) is 5.91 Å². The normalized spacial score (nSPS) is 13.0. The van der Waals surface area contributed by atoms with Gasteiger partial charge in [0.1, 0.15) is 11.4 Å². The van der Waals surface area contributed by atoms with Gasteiger partial charge in [0.15, 0.2) is 0 Å². The molecule has 22 heavy (non-hydrogen) atoms. The number of fused-ring (bicyclic) bond motifs is 1. The number of ether oxygens (including phenoxy) is 1. The monoisotopic (exact) mass is 314 g/mol. The Labute approximate surface area is 132 Å². The van der Waals surface area contributed by atoms with Gasteiger partial charge in [-0.2, -0.15) is 0 Å². The van der Waals surface area contributed by atoms with E-state index in [0.29, 0.717) is 23.8 Å². The Balaban J connectivity index is 1.66. The fourth-order valence-electron chi connectivity index (χ4n) is 2.02. The molecular weight excluding hydrogens is 300 g/mol. The van der Waals surface area contributed by atoms with Crippen molar-refractivity contribution in [3.63, 3.8) is 0 Å². The Morgan fingerprint density at radius 3 is 3.23 bits per heavy atom. The van der Waals surface area contributed by atoms with Crippen LogP contribution in [0, 0.1) is 0 Å². The lowest BCUT2D eigenvalue weighted by atomic mass is 10.2. The summed E-state index contributed by atoms with van der Waals surface area (Å²) >= 11 is 1.54. The molecule has 1 aliphatic heterocycles. The molecule has 3 rings (SSSR count). The summed E-state index contributed by atoms with van der Waals surface area (Å²) in [5.74, 6) is 1.05. The Morgan fingerprint density at radius 1 is 1.45 bits per heavy atom. The van der Waals surface area contributed by atoms with Crippen molar-refractivity contribution < 1.29 is 9.53 Å². The third-order valence-electron chi connectivity index (χ3n) is 3.15. The minimum Gasteiger partial charge on any atom is -0.481 e. The maximum absolute atomic E-state index is 12.3. The highest BCUT2D eigenvalue weighted by Crippen LogP contribution is 2.29. The van der Waals surface area contributed by atoms with Crippen molar-refractivity contribution in [3.8, 4) is 5.88 Å². The molecule has 1 N–H and O–H groups in total. The van der Waals surface area contributed by atoms with Crippen LogP contribution in [-0.2, 0) is 11.3 Å². The quantitative estimate of drug-likeness (QED) is 0.865. The van der Waals surface area contributed by atoms with E-state index in [2.05, 4.69) is 20.3 Å². The number of nitrogens with one attached hydrogen (secondary N) is 1. The minimum absolute atomic E-state index is 0.0854. The van der Waals surface area contributed by atoms with Gasteiger partial charge >= 0.3 is 0 Å². The molecule has 7 heteroatoms. The summed E-state index contributed by atoms with van der Waals surface area (Å²) in [5.41, 5.74) is 2.54. The second kappa shape index (κ2) is 6.57. The zero-order chi connectivity index (χ0) is 15.4. The zero-order valence-electron chi connectivity index (χ0n) is 11.9. The largest absolute Gasteiger partial charge is 0.481 e. The fraction of sp³-hybridized carbons (Fsp3) is 0.200. The second-order valence-corrected chi connectivity index (χ2v) is 5.59. The maximum atomic E-state index is 12.3. The number of methoxy groups -OCH3 is 1. The lowest BCUT2D eigenvalue weighted by Crippen LogP contribution is -2.26. The SMILES string of the molecule is COc1cc(CNC(=O)C2=Cc3cncnc3SC2)ccn1. The van der Waals surface area contributed by atoms with Crippen molar-refractivity contribution in [2.24, 2.45) is 0 Å². The average Bonchev–Trinajstić information content (AvgIpc) is 2.59. The molecule has 2 aromatic heterocycles. The van der Waals surface area contributed by atoms with Gasteiger partial charge in [-0.1, -0.05) is 0 Å². The number of thioether (sulfide) groups is 1. The molecule has 1 aliphatic rings. The lowest BCUT2D eigenvalue weighted by Gasteiger charge is -2.14. The van der Waals surface area contributed by atoms with Crippen molar-refractivity contribution in [2.75, 3.05) is 12.9 Å². The highest BCUT2D eigenvalue weighted by Gasteiger charge is 2.17. The van der Waals surface area contributed by atoms with Gasteiger partial charge in [-0.05, 0) is 17.7 Å². The van der Waals surface area contributed by atoms with E-state index in [1.807, 2.05) is 12.1 Å². The second-order valence-electron chi connectivity index (χ2n) is 4.63. The van der Waals surface area contributed by atoms with Crippen LogP contribution in [0.1, 0.15) is 11.1 Å². The molecule has 0 saturated heterocycles. The van der Waals surface area contributed by atoms with Crippen LogP contribution in [-0.4, -0.2) is 33.7 Å². The summed E-state index contributed by atoms with van der Waals surface area (Å²) in [6.45, 7) is 0.428. The summed E-state index contributed by atoms with van der Waals surface area (Å²) in [4.78, 5) is 24.5. The number of amides is 1. The number of hydrogen-bond donors (Lipinski definition) is 1. The first-order valence-electron chi connectivity index (χ1n) is 6.67. The summed E-state index contributed by atoms with van der Waals surface area (Å²) in [5, 5.41) is 3.81. The molecule has 0 spiro atoms. The maximum Gasteiger partial charge on any atom is 0.248 e. The zero-order valence-corrected chi connectivity index (χ0v) is 12.8. The number of nitrogens with zero attached hydrogens (tertiary/aromatic N) is 3. The number of carbonyl (C=O) groups excluding carboxylic acids is 1. The molecule has 0 aromatic carbocycles. The van der Waals surface area contributed by atoms with Crippen LogP contribution in [0.5, 0.6) is 5.88 Å². The van der Waals surface area contributed by atoms with E-state index in [1.54, 1.807) is 37.3 Å². The average molecular weight is 314 g/mol. The molecule has 0 bridgehead atoms. The molecule has 3 heterocycles. The van der Waals surface area contributed by atoms with Crippen molar-refractivity contribution in [1.29, 1.82) is 0 Å². The van der Waals surface area contributed by atoms with Gasteiger partial charge in [-0.3, -0.25) is 4.79 Å². The van der Waals surface area contributed by atoms with Crippen molar-refractivity contribution in [2.45, 2.75) is 11.6 Å². The number of hydrogen-bond acceptors (Lipinski definition) is 6. The summed E-state index contributed by atoms with van der Waals surface area (Å²) in [6.07, 6.45) is 6.73. The molecule has 0 unspecified atom stereocenters. The van der Waals surface area contributed by atoms with E-state index in [9.17, 15) is 4.79 Å². The van der Waals surface area contributed by atoms with Crippen LogP contribution >= 0.6 is 11.8 Å². The van der Waals surface area contributed by atoms with Crippen molar-refractivity contribution in [3.05, 3.63) is 47.6 Å². The van der Waals surface area contributed by atoms with E-state index in [4.69, 9.17) is 4.74 Å². The van der Waals surface area contributed by atoms with E-state index in [1.165, 1.54) is 6.33 Å². The molecule has 6 nitrogen and oxygen atoms in total. The van der Waals surface area contributed by atoms with E-state index in [0.717, 1.165) is 16.2 Å². The Hall–Kier alpha value is -2.41. The third-order valence-corrected chi connectivity index (χ3v) is 4.22. The standard InChI is InChI=1S/C15H14N4O2S/c1-21-13-4-10(2-3-17-13)6-18-14(20)12-5-11-7-16-9-19-15(11)22-8-12/h2-5,7,9H,6,8H2,1H3,(H,18,20). The van der Waals surface area contributed by atoms with Crippen LogP contribution in [0.25, 0.3) is 6.08 Å².